The number of halogens is 3. The van der Waals surface area contributed by atoms with Crippen molar-refractivity contribution in [2.75, 3.05) is 0 Å². The molecule has 1 heterocycles. The second-order valence-electron chi connectivity index (χ2n) is 3.45. The van der Waals surface area contributed by atoms with E-state index in [2.05, 4.69) is 4.98 Å². The standard InChI is InChI=1S/C12H8ClF2NS/c1-7-6-16-12(13)5-11(7)17-8-2-3-9(14)10(15)4-8/h2-6H,1H3. The molecule has 0 saturated carbocycles. The number of hydrogen-bond acceptors (Lipinski definition) is 2. The molecule has 0 atom stereocenters. The van der Waals surface area contributed by atoms with Crippen LogP contribution in [0.25, 0.3) is 0 Å². The second-order valence-corrected chi connectivity index (χ2v) is 4.95. The Morgan fingerprint density at radius 3 is 2.65 bits per heavy atom. The fourth-order valence-corrected chi connectivity index (χ4v) is 2.42. The Labute approximate surface area is 107 Å². The van der Waals surface area contributed by atoms with Crippen LogP contribution in [0.5, 0.6) is 0 Å². The quantitative estimate of drug-likeness (QED) is 0.747. The first kappa shape index (κ1) is 12.3. The maximum Gasteiger partial charge on any atom is 0.159 e. The summed E-state index contributed by atoms with van der Waals surface area (Å²) < 4.78 is 25.8. The average molecular weight is 272 g/mol. The number of nitrogens with zero attached hydrogens (tertiary/aromatic N) is 1. The highest BCUT2D eigenvalue weighted by molar-refractivity contribution is 7.99. The molecule has 0 bridgehead atoms. The van der Waals surface area contributed by atoms with Gasteiger partial charge in [-0.05, 0) is 36.8 Å². The van der Waals surface area contributed by atoms with E-state index in [1.54, 1.807) is 12.3 Å². The van der Waals surface area contributed by atoms with Gasteiger partial charge in [-0.3, -0.25) is 0 Å². The molecule has 5 heteroatoms. The van der Waals surface area contributed by atoms with Crippen LogP contribution >= 0.6 is 23.4 Å². The van der Waals surface area contributed by atoms with E-state index in [0.717, 1.165) is 22.6 Å². The van der Waals surface area contributed by atoms with Crippen molar-refractivity contribution in [3.05, 3.63) is 52.8 Å². The van der Waals surface area contributed by atoms with Crippen molar-refractivity contribution >= 4 is 23.4 Å². The highest BCUT2D eigenvalue weighted by Gasteiger charge is 2.06. The Morgan fingerprint density at radius 1 is 1.18 bits per heavy atom. The molecule has 2 aromatic rings. The van der Waals surface area contributed by atoms with Crippen molar-refractivity contribution in [2.24, 2.45) is 0 Å². The van der Waals surface area contributed by atoms with Gasteiger partial charge in [0.15, 0.2) is 11.6 Å². The minimum atomic E-state index is -0.854. The molecule has 17 heavy (non-hydrogen) atoms. The Kier molecular flexibility index (Phi) is 3.64. The molecule has 0 amide bonds. The van der Waals surface area contributed by atoms with E-state index in [1.165, 1.54) is 17.8 Å². The van der Waals surface area contributed by atoms with Crippen molar-refractivity contribution in [3.63, 3.8) is 0 Å². The van der Waals surface area contributed by atoms with E-state index < -0.39 is 11.6 Å². The van der Waals surface area contributed by atoms with Crippen LogP contribution in [0.15, 0.2) is 40.3 Å². The molecule has 1 nitrogen and oxygen atoms in total. The van der Waals surface area contributed by atoms with E-state index in [9.17, 15) is 8.78 Å². The van der Waals surface area contributed by atoms with Crippen LogP contribution in [-0.4, -0.2) is 4.98 Å². The molecule has 0 saturated heterocycles. The zero-order valence-corrected chi connectivity index (χ0v) is 10.4. The fraction of sp³-hybridized carbons (Fsp3) is 0.0833. The second kappa shape index (κ2) is 5.02. The third-order valence-electron chi connectivity index (χ3n) is 2.14. The van der Waals surface area contributed by atoms with Gasteiger partial charge in [0.1, 0.15) is 5.15 Å². The summed E-state index contributed by atoms with van der Waals surface area (Å²) in [5.41, 5.74) is 0.934. The largest absolute Gasteiger partial charge is 0.244 e. The SMILES string of the molecule is Cc1cnc(Cl)cc1Sc1ccc(F)c(F)c1. The molecule has 88 valence electrons. The van der Waals surface area contributed by atoms with Crippen LogP contribution in [-0.2, 0) is 0 Å². The maximum atomic E-state index is 13.0. The average Bonchev–Trinajstić information content (AvgIpc) is 2.29. The van der Waals surface area contributed by atoms with E-state index in [4.69, 9.17) is 11.6 Å². The molecule has 0 aliphatic rings. The van der Waals surface area contributed by atoms with Gasteiger partial charge in [0.25, 0.3) is 0 Å². The van der Waals surface area contributed by atoms with Crippen molar-refractivity contribution < 1.29 is 8.78 Å². The van der Waals surface area contributed by atoms with Gasteiger partial charge >= 0.3 is 0 Å². The van der Waals surface area contributed by atoms with Gasteiger partial charge in [-0.2, -0.15) is 0 Å². The van der Waals surface area contributed by atoms with Gasteiger partial charge in [-0.15, -0.1) is 0 Å². The first-order valence-electron chi connectivity index (χ1n) is 4.81. The van der Waals surface area contributed by atoms with Crippen molar-refractivity contribution in [2.45, 2.75) is 16.7 Å². The van der Waals surface area contributed by atoms with Crippen LogP contribution in [0.2, 0.25) is 5.15 Å². The first-order chi connectivity index (χ1) is 8.06. The van der Waals surface area contributed by atoms with Gasteiger partial charge in [0, 0.05) is 16.0 Å². The maximum absolute atomic E-state index is 13.0. The van der Waals surface area contributed by atoms with E-state index in [1.807, 2.05) is 6.92 Å². The molecule has 0 spiro atoms. The lowest BCUT2D eigenvalue weighted by Crippen LogP contribution is -1.86. The number of aryl methyl sites for hydroxylation is 1. The Morgan fingerprint density at radius 2 is 1.94 bits per heavy atom. The summed E-state index contributed by atoms with van der Waals surface area (Å²) in [7, 11) is 0. The fourth-order valence-electron chi connectivity index (χ4n) is 1.26. The third-order valence-corrected chi connectivity index (χ3v) is 3.50. The van der Waals surface area contributed by atoms with Gasteiger partial charge in [-0.1, -0.05) is 23.4 Å². The first-order valence-corrected chi connectivity index (χ1v) is 6.01. The summed E-state index contributed by atoms with van der Waals surface area (Å²) in [6.45, 7) is 1.88. The Bertz CT molecular complexity index is 560. The van der Waals surface area contributed by atoms with Crippen LogP contribution in [0.3, 0.4) is 0 Å². The van der Waals surface area contributed by atoms with Crippen LogP contribution < -0.4 is 0 Å². The van der Waals surface area contributed by atoms with Crippen molar-refractivity contribution in [1.29, 1.82) is 0 Å². The van der Waals surface area contributed by atoms with E-state index in [0.29, 0.717) is 10.0 Å². The molecule has 0 radical (unpaired) electrons. The van der Waals surface area contributed by atoms with Gasteiger partial charge in [-0.25, -0.2) is 13.8 Å². The van der Waals surface area contributed by atoms with Crippen LogP contribution in [0.4, 0.5) is 8.78 Å². The van der Waals surface area contributed by atoms with Gasteiger partial charge < -0.3 is 0 Å². The monoisotopic (exact) mass is 271 g/mol. The number of benzene rings is 1. The Hall–Kier alpha value is -1.13. The van der Waals surface area contributed by atoms with Crippen molar-refractivity contribution in [1.82, 2.24) is 4.98 Å². The molecule has 2 rings (SSSR count). The van der Waals surface area contributed by atoms with Gasteiger partial charge in [0.2, 0.25) is 0 Å². The predicted octanol–water partition coefficient (Wildman–Crippen LogP) is 4.47. The lowest BCUT2D eigenvalue weighted by Gasteiger charge is -2.05. The molecule has 0 N–H and O–H groups in total. The highest BCUT2D eigenvalue weighted by Crippen LogP contribution is 2.31. The molecule has 1 aromatic carbocycles. The molecule has 0 unspecified atom stereocenters. The zero-order valence-electron chi connectivity index (χ0n) is 8.88. The zero-order chi connectivity index (χ0) is 12.4. The number of rotatable bonds is 2. The molecule has 0 aliphatic carbocycles. The Balaban J connectivity index is 2.31. The molecule has 1 aromatic heterocycles. The predicted molar refractivity (Wildman–Crippen MR) is 64.5 cm³/mol. The lowest BCUT2D eigenvalue weighted by atomic mass is 10.3. The minimum Gasteiger partial charge on any atom is -0.244 e. The third kappa shape index (κ3) is 2.96. The van der Waals surface area contributed by atoms with Crippen molar-refractivity contribution in [3.8, 4) is 0 Å². The van der Waals surface area contributed by atoms with Gasteiger partial charge in [0.05, 0.1) is 0 Å². The molecule has 0 aliphatic heterocycles. The van der Waals surface area contributed by atoms with E-state index in [-0.39, 0.29) is 0 Å². The summed E-state index contributed by atoms with van der Waals surface area (Å²) in [5.74, 6) is -1.70. The lowest BCUT2D eigenvalue weighted by molar-refractivity contribution is 0.506. The summed E-state index contributed by atoms with van der Waals surface area (Å²) in [4.78, 5) is 5.42. The van der Waals surface area contributed by atoms with E-state index >= 15 is 0 Å². The van der Waals surface area contributed by atoms with Crippen LogP contribution in [0.1, 0.15) is 5.56 Å². The summed E-state index contributed by atoms with van der Waals surface area (Å²) in [5, 5.41) is 0.376. The smallest absolute Gasteiger partial charge is 0.159 e. The summed E-state index contributed by atoms with van der Waals surface area (Å²) >= 11 is 7.10. The normalized spacial score (nSPS) is 10.6. The number of aromatic nitrogens is 1. The number of hydrogen-bond donors (Lipinski definition) is 0. The summed E-state index contributed by atoms with van der Waals surface area (Å²) in [6, 6.07) is 5.49. The highest BCUT2D eigenvalue weighted by atomic mass is 35.5. The topological polar surface area (TPSA) is 12.9 Å². The molecular formula is C12H8ClF2NS. The molecule has 0 fully saturated rings. The van der Waals surface area contributed by atoms with Crippen LogP contribution in [0, 0.1) is 18.6 Å². The number of pyridine rings is 1. The molecular weight excluding hydrogens is 264 g/mol. The minimum absolute atomic E-state index is 0.376. The summed E-state index contributed by atoms with van der Waals surface area (Å²) in [6.07, 6.45) is 1.64.